The van der Waals surface area contributed by atoms with Gasteiger partial charge in [-0.05, 0) is 136 Å². The number of fused-ring (bicyclic) bond motifs is 7. The first-order valence-electron chi connectivity index (χ1n) is 23.9. The van der Waals surface area contributed by atoms with Gasteiger partial charge in [-0.3, -0.25) is 0 Å². The maximum atomic E-state index is 12.8. The minimum atomic E-state index is -1.65. The molecular weight excluding hydrogens is 821 g/mol. The lowest BCUT2D eigenvalue weighted by Gasteiger charge is -2.74. The molecular formula is C47H80O16. The van der Waals surface area contributed by atoms with Crippen LogP contribution in [0.3, 0.4) is 0 Å². The molecule has 8 rings (SSSR count). The Balaban J connectivity index is 1.07. The van der Waals surface area contributed by atoms with Crippen molar-refractivity contribution in [2.45, 2.75) is 231 Å². The summed E-state index contributed by atoms with van der Waals surface area (Å²) in [5.74, 6) is 0.0573. The molecule has 5 saturated carbocycles. The first kappa shape index (κ1) is 48.8. The van der Waals surface area contributed by atoms with Gasteiger partial charge in [0.15, 0.2) is 18.9 Å². The van der Waals surface area contributed by atoms with Gasteiger partial charge in [-0.15, -0.1) is 0 Å². The number of ether oxygens (including phenoxy) is 6. The summed E-state index contributed by atoms with van der Waals surface area (Å²) in [6.07, 6.45) is -14.0. The zero-order valence-electron chi connectivity index (χ0n) is 39.0. The lowest BCUT2D eigenvalue weighted by atomic mass is 9.31. The number of hydrogen-bond donors (Lipinski definition) is 10. The van der Waals surface area contributed by atoms with Gasteiger partial charge < -0.3 is 79.5 Å². The van der Waals surface area contributed by atoms with Gasteiger partial charge in [0.05, 0.1) is 42.7 Å². The van der Waals surface area contributed by atoms with Crippen LogP contribution in [0, 0.1) is 56.7 Å². The molecule has 0 radical (unpaired) electrons. The lowest BCUT2D eigenvalue weighted by molar-refractivity contribution is -0.367. The quantitative estimate of drug-likeness (QED) is 0.162. The molecule has 26 atom stereocenters. The fraction of sp³-hybridized carbons (Fsp3) is 1.00. The molecule has 0 bridgehead atoms. The lowest BCUT2D eigenvalue weighted by Crippen LogP contribution is -2.72. The summed E-state index contributed by atoms with van der Waals surface area (Å²) < 4.78 is 37.5. The van der Waals surface area contributed by atoms with Crippen LogP contribution in [0.1, 0.15) is 121 Å². The summed E-state index contributed by atoms with van der Waals surface area (Å²) in [5, 5.41) is 110. The fourth-order valence-electron chi connectivity index (χ4n) is 16.4. The average molecular weight is 901 g/mol. The standard InChI is InChI=1S/C47H80O16/c1-20-30(50)33(53)35(55)39(59-20)61-25-18-47(10)26(44(7)15-13-22(29(25)44)43(5,6)57)11-12-27-45(8)16-14-28(42(3,4)38(45)23(48)17-46(27,47)9)62-41-37(32(52)24(49)19-58-41)63-40-36(56)34(54)31(51)21(2)60-40/h20-41,48-57H,11-19H2,1-10H3. The molecule has 0 aromatic carbocycles. The summed E-state index contributed by atoms with van der Waals surface area (Å²) in [6.45, 7) is 20.3. The molecule has 63 heavy (non-hydrogen) atoms. The van der Waals surface area contributed by atoms with Crippen molar-refractivity contribution in [1.29, 1.82) is 0 Å². The largest absolute Gasteiger partial charge is 0.393 e. The number of aliphatic hydroxyl groups excluding tert-OH is 9. The van der Waals surface area contributed by atoms with E-state index in [-0.39, 0.29) is 57.9 Å². The Morgan fingerprint density at radius 1 is 0.556 bits per heavy atom. The maximum absolute atomic E-state index is 12.8. The Morgan fingerprint density at radius 2 is 1.08 bits per heavy atom. The molecule has 5 aliphatic carbocycles. The van der Waals surface area contributed by atoms with Crippen LogP contribution in [-0.2, 0) is 28.4 Å². The van der Waals surface area contributed by atoms with E-state index in [0.717, 1.165) is 32.1 Å². The Labute approximate surface area is 372 Å². The molecule has 0 amide bonds. The highest BCUT2D eigenvalue weighted by Gasteiger charge is 2.75. The highest BCUT2D eigenvalue weighted by Crippen LogP contribution is 2.78. The van der Waals surface area contributed by atoms with Gasteiger partial charge in [0.2, 0.25) is 0 Å². The highest BCUT2D eigenvalue weighted by atomic mass is 16.8. The monoisotopic (exact) mass is 901 g/mol. The Hall–Kier alpha value is -0.640. The van der Waals surface area contributed by atoms with E-state index in [9.17, 15) is 51.1 Å². The van der Waals surface area contributed by atoms with Crippen molar-refractivity contribution in [2.24, 2.45) is 56.7 Å². The summed E-state index contributed by atoms with van der Waals surface area (Å²) in [4.78, 5) is 0. The third-order valence-corrected chi connectivity index (χ3v) is 19.6. The van der Waals surface area contributed by atoms with Crippen LogP contribution >= 0.6 is 0 Å². The average Bonchev–Trinajstić information content (AvgIpc) is 3.57. The molecule has 0 aromatic rings. The Bertz CT molecular complexity index is 1650. The van der Waals surface area contributed by atoms with E-state index in [0.29, 0.717) is 19.3 Å². The second-order valence-corrected chi connectivity index (χ2v) is 23.7. The second-order valence-electron chi connectivity index (χ2n) is 23.7. The zero-order chi connectivity index (χ0) is 46.3. The van der Waals surface area contributed by atoms with E-state index in [4.69, 9.17) is 28.4 Å². The predicted molar refractivity (Wildman–Crippen MR) is 224 cm³/mol. The topological polar surface area (TPSA) is 258 Å². The number of hydrogen-bond acceptors (Lipinski definition) is 16. The molecule has 16 heteroatoms. The van der Waals surface area contributed by atoms with Crippen molar-refractivity contribution in [3.8, 4) is 0 Å². The fourth-order valence-corrected chi connectivity index (χ4v) is 16.4. The molecule has 10 N–H and O–H groups in total. The van der Waals surface area contributed by atoms with Gasteiger partial charge in [-0.2, -0.15) is 0 Å². The Kier molecular flexibility index (Phi) is 12.8. The van der Waals surface area contributed by atoms with Crippen molar-refractivity contribution >= 4 is 0 Å². The van der Waals surface area contributed by atoms with Crippen molar-refractivity contribution in [2.75, 3.05) is 6.61 Å². The van der Waals surface area contributed by atoms with Crippen molar-refractivity contribution in [1.82, 2.24) is 0 Å². The van der Waals surface area contributed by atoms with Crippen LogP contribution < -0.4 is 0 Å². The molecule has 3 heterocycles. The maximum Gasteiger partial charge on any atom is 0.187 e. The zero-order valence-corrected chi connectivity index (χ0v) is 39.0. The highest BCUT2D eigenvalue weighted by molar-refractivity contribution is 5.23. The minimum absolute atomic E-state index is 0.0726. The first-order valence-corrected chi connectivity index (χ1v) is 23.9. The van der Waals surface area contributed by atoms with Crippen LogP contribution in [0.25, 0.3) is 0 Å². The van der Waals surface area contributed by atoms with Crippen molar-refractivity contribution in [3.63, 3.8) is 0 Å². The third kappa shape index (κ3) is 7.45. The van der Waals surface area contributed by atoms with Gasteiger partial charge >= 0.3 is 0 Å². The smallest absolute Gasteiger partial charge is 0.187 e. The number of rotatable bonds is 7. The van der Waals surface area contributed by atoms with Crippen LogP contribution in [0.5, 0.6) is 0 Å². The van der Waals surface area contributed by atoms with E-state index in [2.05, 4.69) is 41.5 Å². The molecule has 16 nitrogen and oxygen atoms in total. The van der Waals surface area contributed by atoms with Crippen LogP contribution in [0.15, 0.2) is 0 Å². The van der Waals surface area contributed by atoms with Gasteiger partial charge in [0.1, 0.15) is 54.9 Å². The van der Waals surface area contributed by atoms with Gasteiger partial charge in [0.25, 0.3) is 0 Å². The van der Waals surface area contributed by atoms with E-state index in [1.165, 1.54) is 6.92 Å². The summed E-state index contributed by atoms with van der Waals surface area (Å²) in [6, 6.07) is 0. The molecule has 364 valence electrons. The minimum Gasteiger partial charge on any atom is -0.393 e. The second kappa shape index (κ2) is 16.5. The molecule has 26 unspecified atom stereocenters. The van der Waals surface area contributed by atoms with Crippen molar-refractivity contribution < 1.29 is 79.5 Å². The summed E-state index contributed by atoms with van der Waals surface area (Å²) in [5.41, 5.74) is -2.95. The van der Waals surface area contributed by atoms with Gasteiger partial charge in [-0.25, -0.2) is 0 Å². The van der Waals surface area contributed by atoms with Gasteiger partial charge in [-0.1, -0.05) is 41.5 Å². The Morgan fingerprint density at radius 3 is 1.65 bits per heavy atom. The van der Waals surface area contributed by atoms with E-state index in [1.807, 2.05) is 13.8 Å². The molecule has 3 aliphatic heterocycles. The number of aliphatic hydroxyl groups is 10. The van der Waals surface area contributed by atoms with Gasteiger partial charge in [0, 0.05) is 0 Å². The molecule has 8 fully saturated rings. The summed E-state index contributed by atoms with van der Waals surface area (Å²) in [7, 11) is 0. The van der Waals surface area contributed by atoms with E-state index in [1.54, 1.807) is 6.92 Å². The predicted octanol–water partition coefficient (Wildman–Crippen LogP) is 1.33. The van der Waals surface area contributed by atoms with Crippen LogP contribution in [0.4, 0.5) is 0 Å². The molecule has 8 aliphatic rings. The van der Waals surface area contributed by atoms with Crippen LogP contribution in [-0.4, -0.2) is 168 Å². The molecule has 0 aromatic heterocycles. The van der Waals surface area contributed by atoms with Crippen molar-refractivity contribution in [3.05, 3.63) is 0 Å². The third-order valence-electron chi connectivity index (χ3n) is 19.6. The normalized spacial score (nSPS) is 58.3. The molecule has 3 saturated heterocycles. The first-order chi connectivity index (χ1) is 29.1. The summed E-state index contributed by atoms with van der Waals surface area (Å²) >= 11 is 0. The van der Waals surface area contributed by atoms with E-state index < -0.39 is 115 Å². The van der Waals surface area contributed by atoms with Crippen LogP contribution in [0.2, 0.25) is 0 Å². The SMILES string of the molecule is CC1OC(OC2CC3(C)C(CCC4C5(C)CCC(OC6OCC(O)C(O)C6OC6OC(C)C(O)C(O)C6O)C(C)(C)C5C(O)CC43C)C3(C)CCC(C(C)(C)O)C23)C(O)C(O)C1O. The van der Waals surface area contributed by atoms with E-state index >= 15 is 0 Å². The molecule has 0 spiro atoms.